The van der Waals surface area contributed by atoms with E-state index >= 15 is 0 Å². The van der Waals surface area contributed by atoms with Crippen LogP contribution in [0.5, 0.6) is 0 Å². The average molecular weight is 325 g/mol. The van der Waals surface area contributed by atoms with Crippen LogP contribution < -0.4 is 0 Å². The van der Waals surface area contributed by atoms with Gasteiger partial charge in [0.15, 0.2) is 5.78 Å². The van der Waals surface area contributed by atoms with Crippen molar-refractivity contribution in [2.45, 2.75) is 13.3 Å². The molecule has 0 atom stereocenters. The molecule has 0 saturated carbocycles. The summed E-state index contributed by atoms with van der Waals surface area (Å²) >= 11 is 0. The summed E-state index contributed by atoms with van der Waals surface area (Å²) in [5.74, 6) is 0.0726. The highest BCUT2D eigenvalue weighted by atomic mass is 16.1. The smallest absolute Gasteiger partial charge is 0.195 e. The van der Waals surface area contributed by atoms with Crippen molar-refractivity contribution < 1.29 is 4.79 Å². The third-order valence-corrected chi connectivity index (χ3v) is 4.52. The fourth-order valence-electron chi connectivity index (χ4n) is 3.29. The standard InChI is InChI=1S/C23H19NO/c1-16-12-13-20-19(14-16)22(23(25)18-10-6-3-7-11-18)21(24-20)15-17-8-4-2-5-9-17/h2-14,24H,15H2,1H3. The van der Waals surface area contributed by atoms with Crippen molar-refractivity contribution in [2.75, 3.05) is 0 Å². The molecule has 0 saturated heterocycles. The van der Waals surface area contributed by atoms with Crippen molar-refractivity contribution in [2.24, 2.45) is 0 Å². The molecule has 0 aliphatic carbocycles. The van der Waals surface area contributed by atoms with Crippen molar-refractivity contribution in [1.29, 1.82) is 0 Å². The first-order chi connectivity index (χ1) is 12.2. The Morgan fingerprint density at radius 1 is 0.880 bits per heavy atom. The summed E-state index contributed by atoms with van der Waals surface area (Å²) in [4.78, 5) is 16.7. The van der Waals surface area contributed by atoms with Crippen LogP contribution in [-0.4, -0.2) is 10.8 Å². The molecule has 0 fully saturated rings. The number of aryl methyl sites for hydroxylation is 1. The Kier molecular flexibility index (Phi) is 3.95. The van der Waals surface area contributed by atoms with E-state index in [0.29, 0.717) is 6.42 Å². The molecule has 0 aliphatic heterocycles. The number of carbonyl (C=O) groups is 1. The highest BCUT2D eigenvalue weighted by Gasteiger charge is 2.20. The van der Waals surface area contributed by atoms with Crippen molar-refractivity contribution in [1.82, 2.24) is 4.98 Å². The molecule has 2 heteroatoms. The van der Waals surface area contributed by atoms with Gasteiger partial charge in [0, 0.05) is 28.6 Å². The summed E-state index contributed by atoms with van der Waals surface area (Å²) < 4.78 is 0. The zero-order valence-electron chi connectivity index (χ0n) is 14.1. The van der Waals surface area contributed by atoms with Crippen molar-refractivity contribution in [3.63, 3.8) is 0 Å². The second kappa shape index (κ2) is 6.40. The largest absolute Gasteiger partial charge is 0.357 e. The summed E-state index contributed by atoms with van der Waals surface area (Å²) in [5.41, 5.74) is 5.83. The third kappa shape index (κ3) is 2.99. The van der Waals surface area contributed by atoms with Gasteiger partial charge in [0.1, 0.15) is 0 Å². The van der Waals surface area contributed by atoms with E-state index in [4.69, 9.17) is 0 Å². The normalized spacial score (nSPS) is 10.9. The molecule has 4 rings (SSSR count). The van der Waals surface area contributed by atoms with Gasteiger partial charge in [0.05, 0.1) is 5.56 Å². The molecule has 25 heavy (non-hydrogen) atoms. The van der Waals surface area contributed by atoms with Crippen LogP contribution in [0.2, 0.25) is 0 Å². The lowest BCUT2D eigenvalue weighted by molar-refractivity contribution is 0.103. The van der Waals surface area contributed by atoms with E-state index in [2.05, 4.69) is 42.2 Å². The zero-order chi connectivity index (χ0) is 17.2. The summed E-state index contributed by atoms with van der Waals surface area (Å²) in [7, 11) is 0. The number of hydrogen-bond acceptors (Lipinski definition) is 1. The van der Waals surface area contributed by atoms with Gasteiger partial charge in [0.25, 0.3) is 0 Å². The van der Waals surface area contributed by atoms with Gasteiger partial charge in [-0.2, -0.15) is 0 Å². The van der Waals surface area contributed by atoms with E-state index < -0.39 is 0 Å². The number of aromatic amines is 1. The zero-order valence-corrected chi connectivity index (χ0v) is 14.1. The molecule has 1 heterocycles. The Balaban J connectivity index is 1.88. The number of H-pyrrole nitrogens is 1. The third-order valence-electron chi connectivity index (χ3n) is 4.52. The van der Waals surface area contributed by atoms with Crippen LogP contribution in [0.15, 0.2) is 78.9 Å². The molecule has 0 radical (unpaired) electrons. The maximum Gasteiger partial charge on any atom is 0.195 e. The maximum absolute atomic E-state index is 13.2. The summed E-state index contributed by atoms with van der Waals surface area (Å²) in [6.45, 7) is 2.06. The minimum absolute atomic E-state index is 0.0726. The Labute approximate surface area is 147 Å². The first-order valence-corrected chi connectivity index (χ1v) is 8.47. The number of ketones is 1. The van der Waals surface area contributed by atoms with Gasteiger partial charge in [-0.25, -0.2) is 0 Å². The maximum atomic E-state index is 13.2. The molecule has 0 aliphatic rings. The lowest BCUT2D eigenvalue weighted by Crippen LogP contribution is -2.05. The summed E-state index contributed by atoms with van der Waals surface area (Å²) in [5, 5.41) is 1.000. The van der Waals surface area contributed by atoms with Gasteiger partial charge >= 0.3 is 0 Å². The highest BCUT2D eigenvalue weighted by molar-refractivity contribution is 6.17. The van der Waals surface area contributed by atoms with Gasteiger partial charge in [0.2, 0.25) is 0 Å². The van der Waals surface area contributed by atoms with Gasteiger partial charge in [-0.3, -0.25) is 4.79 Å². The van der Waals surface area contributed by atoms with E-state index in [0.717, 1.165) is 33.3 Å². The van der Waals surface area contributed by atoms with E-state index in [-0.39, 0.29) is 5.78 Å². The molecule has 0 amide bonds. The molecule has 0 unspecified atom stereocenters. The van der Waals surface area contributed by atoms with Crippen LogP contribution in [0.4, 0.5) is 0 Å². The molecule has 2 nitrogen and oxygen atoms in total. The molecular weight excluding hydrogens is 306 g/mol. The minimum atomic E-state index is 0.0726. The predicted molar refractivity (Wildman–Crippen MR) is 102 cm³/mol. The van der Waals surface area contributed by atoms with Crippen molar-refractivity contribution >= 4 is 16.7 Å². The number of hydrogen-bond donors (Lipinski definition) is 1. The van der Waals surface area contributed by atoms with E-state index in [9.17, 15) is 4.79 Å². The predicted octanol–water partition coefficient (Wildman–Crippen LogP) is 5.30. The summed E-state index contributed by atoms with van der Waals surface area (Å²) in [6, 6.07) is 26.0. The molecule has 4 aromatic rings. The number of benzene rings is 3. The molecule has 3 aromatic carbocycles. The fraction of sp³-hybridized carbons (Fsp3) is 0.0870. The molecule has 0 bridgehead atoms. The Hall–Kier alpha value is -3.13. The van der Waals surface area contributed by atoms with Gasteiger partial charge in [-0.1, -0.05) is 72.3 Å². The second-order valence-electron chi connectivity index (χ2n) is 6.39. The van der Waals surface area contributed by atoms with Crippen LogP contribution in [-0.2, 0) is 6.42 Å². The SMILES string of the molecule is Cc1ccc2[nH]c(Cc3ccccc3)c(C(=O)c3ccccc3)c2c1. The lowest BCUT2D eigenvalue weighted by Gasteiger charge is -2.05. The molecule has 1 aromatic heterocycles. The molecule has 122 valence electrons. The second-order valence-corrected chi connectivity index (χ2v) is 6.39. The van der Waals surface area contributed by atoms with Crippen LogP contribution in [0.25, 0.3) is 10.9 Å². The topological polar surface area (TPSA) is 32.9 Å². The van der Waals surface area contributed by atoms with Crippen LogP contribution >= 0.6 is 0 Å². The van der Waals surface area contributed by atoms with Crippen molar-refractivity contribution in [3.8, 4) is 0 Å². The fourth-order valence-corrected chi connectivity index (χ4v) is 3.29. The van der Waals surface area contributed by atoms with E-state index in [1.807, 2.05) is 48.5 Å². The Morgan fingerprint density at radius 3 is 2.28 bits per heavy atom. The van der Waals surface area contributed by atoms with E-state index in [1.54, 1.807) is 0 Å². The number of fused-ring (bicyclic) bond motifs is 1. The summed E-state index contributed by atoms with van der Waals surface area (Å²) in [6.07, 6.45) is 0.711. The molecule has 1 N–H and O–H groups in total. The van der Waals surface area contributed by atoms with Crippen LogP contribution in [0.1, 0.15) is 32.7 Å². The quantitative estimate of drug-likeness (QED) is 0.508. The minimum Gasteiger partial charge on any atom is -0.357 e. The van der Waals surface area contributed by atoms with Crippen LogP contribution in [0.3, 0.4) is 0 Å². The van der Waals surface area contributed by atoms with Gasteiger partial charge in [-0.05, 0) is 24.6 Å². The Bertz CT molecular complexity index is 1030. The number of carbonyl (C=O) groups excluding carboxylic acids is 1. The van der Waals surface area contributed by atoms with Crippen molar-refractivity contribution in [3.05, 3.63) is 107 Å². The van der Waals surface area contributed by atoms with E-state index in [1.165, 1.54) is 5.56 Å². The van der Waals surface area contributed by atoms with Gasteiger partial charge < -0.3 is 4.98 Å². The number of nitrogens with one attached hydrogen (secondary N) is 1. The number of aromatic nitrogens is 1. The Morgan fingerprint density at radius 2 is 1.56 bits per heavy atom. The molecular formula is C23H19NO. The highest BCUT2D eigenvalue weighted by Crippen LogP contribution is 2.28. The first-order valence-electron chi connectivity index (χ1n) is 8.47. The average Bonchev–Trinajstić information content (AvgIpc) is 2.99. The van der Waals surface area contributed by atoms with Crippen LogP contribution in [0, 0.1) is 6.92 Å². The monoisotopic (exact) mass is 325 g/mol. The number of rotatable bonds is 4. The van der Waals surface area contributed by atoms with Gasteiger partial charge in [-0.15, -0.1) is 0 Å². The first kappa shape index (κ1) is 15.4. The molecule has 0 spiro atoms. The lowest BCUT2D eigenvalue weighted by atomic mass is 9.97.